The highest BCUT2D eigenvalue weighted by atomic mass is 32.1. The molecule has 0 amide bonds. The molecule has 0 bridgehead atoms. The van der Waals surface area contributed by atoms with Gasteiger partial charge < -0.3 is 18.9 Å². The molecule has 2 aliphatic heterocycles. The van der Waals surface area contributed by atoms with E-state index in [0.717, 1.165) is 60.5 Å². The van der Waals surface area contributed by atoms with Crippen LogP contribution in [0, 0.1) is 0 Å². The summed E-state index contributed by atoms with van der Waals surface area (Å²) in [5.41, 5.74) is 4.95. The molecule has 0 radical (unpaired) electrons. The summed E-state index contributed by atoms with van der Waals surface area (Å²) in [5.74, 6) is 3.16. The molecular weight excluding hydrogens is 470 g/mol. The van der Waals surface area contributed by atoms with Crippen LogP contribution >= 0.6 is 22.7 Å². The van der Waals surface area contributed by atoms with Crippen LogP contribution < -0.4 is 18.9 Å². The summed E-state index contributed by atoms with van der Waals surface area (Å²) < 4.78 is 25.5. The zero-order valence-electron chi connectivity index (χ0n) is 18.0. The standard InChI is InChI=1S/C25H19N3O4S2/c1-2-4-15(5-3-1)12-28-21-17(25-23-19(14-34-25)30-9-11-32-23)7-6-16(20(21)26-27-28)24-22-18(13-33-24)29-8-10-31-22/h1-7,13-14H,8-12H2. The number of hydrogen-bond donors (Lipinski definition) is 0. The highest BCUT2D eigenvalue weighted by Crippen LogP contribution is 2.51. The van der Waals surface area contributed by atoms with Crippen LogP contribution in [0.1, 0.15) is 5.56 Å². The quantitative estimate of drug-likeness (QED) is 0.333. The van der Waals surface area contributed by atoms with Crippen LogP contribution in [0.15, 0.2) is 53.2 Å². The van der Waals surface area contributed by atoms with Crippen LogP contribution in [-0.4, -0.2) is 41.4 Å². The number of fused-ring (bicyclic) bond motifs is 3. The molecule has 0 saturated carbocycles. The molecule has 5 aromatic rings. The molecule has 5 heterocycles. The van der Waals surface area contributed by atoms with Gasteiger partial charge in [-0.25, -0.2) is 4.68 Å². The highest BCUT2D eigenvalue weighted by molar-refractivity contribution is 7.15. The Morgan fingerprint density at radius 1 is 0.735 bits per heavy atom. The van der Waals surface area contributed by atoms with Crippen molar-refractivity contribution in [2.45, 2.75) is 6.54 Å². The predicted octanol–water partition coefficient (Wildman–Crippen LogP) is 5.48. The summed E-state index contributed by atoms with van der Waals surface area (Å²) in [7, 11) is 0. The fourth-order valence-electron chi connectivity index (χ4n) is 4.42. The van der Waals surface area contributed by atoms with Gasteiger partial charge in [0.05, 0.1) is 21.8 Å². The first kappa shape index (κ1) is 19.9. The van der Waals surface area contributed by atoms with Crippen molar-refractivity contribution >= 4 is 33.7 Å². The van der Waals surface area contributed by atoms with Crippen LogP contribution in [0.2, 0.25) is 0 Å². The second-order valence-corrected chi connectivity index (χ2v) is 9.76. The van der Waals surface area contributed by atoms with Gasteiger partial charge in [0.25, 0.3) is 0 Å². The van der Waals surface area contributed by atoms with Crippen LogP contribution in [0.5, 0.6) is 23.0 Å². The molecule has 170 valence electrons. The van der Waals surface area contributed by atoms with Gasteiger partial charge in [-0.1, -0.05) is 47.7 Å². The molecule has 0 unspecified atom stereocenters. The van der Waals surface area contributed by atoms with E-state index in [4.69, 9.17) is 18.9 Å². The number of aromatic nitrogens is 3. The lowest BCUT2D eigenvalue weighted by atomic mass is 10.0. The van der Waals surface area contributed by atoms with Crippen LogP contribution in [0.4, 0.5) is 0 Å². The van der Waals surface area contributed by atoms with Crippen LogP contribution in [0.3, 0.4) is 0 Å². The maximum Gasteiger partial charge on any atom is 0.180 e. The largest absolute Gasteiger partial charge is 0.485 e. The van der Waals surface area contributed by atoms with Gasteiger partial charge in [-0.3, -0.25) is 0 Å². The van der Waals surface area contributed by atoms with Gasteiger partial charge in [0.2, 0.25) is 0 Å². The van der Waals surface area contributed by atoms with Gasteiger partial charge in [0.1, 0.15) is 31.9 Å². The Kier molecular flexibility index (Phi) is 4.70. The highest BCUT2D eigenvalue weighted by Gasteiger charge is 2.27. The summed E-state index contributed by atoms with van der Waals surface area (Å²) in [6, 6.07) is 14.5. The fourth-order valence-corrected chi connectivity index (χ4v) is 6.33. The maximum absolute atomic E-state index is 6.01. The fraction of sp³-hybridized carbons (Fsp3) is 0.200. The Morgan fingerprint density at radius 3 is 2.06 bits per heavy atom. The zero-order valence-corrected chi connectivity index (χ0v) is 19.7. The van der Waals surface area contributed by atoms with Crippen LogP contribution in [-0.2, 0) is 6.54 Å². The number of hydrogen-bond acceptors (Lipinski definition) is 8. The third-order valence-electron chi connectivity index (χ3n) is 5.93. The van der Waals surface area contributed by atoms with E-state index in [0.29, 0.717) is 33.0 Å². The summed E-state index contributed by atoms with van der Waals surface area (Å²) in [6.45, 7) is 2.82. The van der Waals surface area contributed by atoms with Gasteiger partial charge in [-0.2, -0.15) is 0 Å². The minimum absolute atomic E-state index is 0.539. The van der Waals surface area contributed by atoms with Crippen molar-refractivity contribution in [3.63, 3.8) is 0 Å². The molecule has 0 spiro atoms. The summed E-state index contributed by atoms with van der Waals surface area (Å²) in [6.07, 6.45) is 0. The third kappa shape index (κ3) is 3.15. The molecule has 3 aromatic heterocycles. The van der Waals surface area contributed by atoms with E-state index in [9.17, 15) is 0 Å². The van der Waals surface area contributed by atoms with Gasteiger partial charge in [-0.05, 0) is 5.56 Å². The Hall–Kier alpha value is -3.56. The van der Waals surface area contributed by atoms with Crippen molar-refractivity contribution in [2.75, 3.05) is 26.4 Å². The Balaban J connectivity index is 1.44. The maximum atomic E-state index is 6.01. The first-order valence-corrected chi connectivity index (χ1v) is 12.8. The van der Waals surface area contributed by atoms with Crippen LogP contribution in [0.25, 0.3) is 31.9 Å². The average molecular weight is 490 g/mol. The molecular formula is C25H19N3O4S2. The van der Waals surface area contributed by atoms with Gasteiger partial charge in [0, 0.05) is 21.9 Å². The minimum Gasteiger partial charge on any atom is -0.485 e. The second kappa shape index (κ2) is 8.03. The van der Waals surface area contributed by atoms with E-state index in [1.54, 1.807) is 22.7 Å². The lowest BCUT2D eigenvalue weighted by Gasteiger charge is -2.17. The van der Waals surface area contributed by atoms with Crippen molar-refractivity contribution in [1.29, 1.82) is 0 Å². The second-order valence-electron chi connectivity index (χ2n) is 8.00. The smallest absolute Gasteiger partial charge is 0.180 e. The molecule has 2 aliphatic rings. The molecule has 2 aromatic carbocycles. The Labute approximate surface area is 203 Å². The van der Waals surface area contributed by atoms with E-state index in [1.165, 1.54) is 0 Å². The number of nitrogens with zero attached hydrogens (tertiary/aromatic N) is 3. The molecule has 34 heavy (non-hydrogen) atoms. The number of ether oxygens (including phenoxy) is 4. The molecule has 9 heteroatoms. The van der Waals surface area contributed by atoms with Crippen molar-refractivity contribution in [2.24, 2.45) is 0 Å². The van der Waals surface area contributed by atoms with Gasteiger partial charge in [-0.15, -0.1) is 27.8 Å². The van der Waals surface area contributed by atoms with Crippen molar-refractivity contribution < 1.29 is 18.9 Å². The van der Waals surface area contributed by atoms with Crippen molar-refractivity contribution in [3.05, 3.63) is 58.8 Å². The predicted molar refractivity (Wildman–Crippen MR) is 132 cm³/mol. The van der Waals surface area contributed by atoms with E-state index >= 15 is 0 Å². The minimum atomic E-state index is 0.539. The lowest BCUT2D eigenvalue weighted by Crippen LogP contribution is -2.14. The molecule has 0 aliphatic carbocycles. The third-order valence-corrected chi connectivity index (χ3v) is 7.87. The zero-order chi connectivity index (χ0) is 22.5. The molecule has 7 rings (SSSR count). The summed E-state index contributed by atoms with van der Waals surface area (Å²) in [5, 5.41) is 13.3. The van der Waals surface area contributed by atoms with E-state index in [1.807, 2.05) is 33.6 Å². The van der Waals surface area contributed by atoms with Crippen molar-refractivity contribution in [3.8, 4) is 43.9 Å². The summed E-state index contributed by atoms with van der Waals surface area (Å²) >= 11 is 3.22. The molecule has 0 N–H and O–H groups in total. The molecule has 0 fully saturated rings. The van der Waals surface area contributed by atoms with E-state index in [2.05, 4.69) is 34.6 Å². The monoisotopic (exact) mass is 489 g/mol. The lowest BCUT2D eigenvalue weighted by molar-refractivity contribution is 0.174. The molecule has 7 nitrogen and oxygen atoms in total. The van der Waals surface area contributed by atoms with Crippen molar-refractivity contribution in [1.82, 2.24) is 15.0 Å². The van der Waals surface area contributed by atoms with E-state index < -0.39 is 0 Å². The Morgan fingerprint density at radius 2 is 1.35 bits per heavy atom. The Bertz CT molecular complexity index is 1510. The van der Waals surface area contributed by atoms with E-state index in [-0.39, 0.29) is 0 Å². The SMILES string of the molecule is c1ccc(Cn2nnc3c(-c4scc5c4OCCO5)ccc(-c4scc5c4OCCO5)c32)cc1. The molecule has 0 atom stereocenters. The average Bonchev–Trinajstić information content (AvgIpc) is 3.62. The first-order valence-electron chi connectivity index (χ1n) is 11.0. The van der Waals surface area contributed by atoms with Gasteiger partial charge in [0.15, 0.2) is 23.0 Å². The normalized spacial score (nSPS) is 14.5. The molecule has 0 saturated heterocycles. The topological polar surface area (TPSA) is 67.6 Å². The van der Waals surface area contributed by atoms with Gasteiger partial charge >= 0.3 is 0 Å². The number of benzene rings is 2. The number of rotatable bonds is 4. The number of thiophene rings is 2. The first-order chi connectivity index (χ1) is 16.9. The summed E-state index contributed by atoms with van der Waals surface area (Å²) in [4.78, 5) is 2.03.